The summed E-state index contributed by atoms with van der Waals surface area (Å²) in [6.45, 7) is 0.972. The largest absolute Gasteiger partial charge is 0.490 e. The molecular formula is C26H25F3N5O3+. The number of rotatable bonds is 6. The molecule has 0 saturated carbocycles. The molecular weight excluding hydrogens is 487 g/mol. The first kappa shape index (κ1) is 26.9. The lowest BCUT2D eigenvalue weighted by Gasteiger charge is -2.12. The highest BCUT2D eigenvalue weighted by Gasteiger charge is 2.38. The number of nitrogen functional groups attached to an aromatic ring is 1. The second-order valence-electron chi connectivity index (χ2n) is 8.15. The van der Waals surface area contributed by atoms with Crippen molar-refractivity contribution in [2.75, 3.05) is 0 Å². The van der Waals surface area contributed by atoms with Crippen molar-refractivity contribution < 1.29 is 32.4 Å². The zero-order chi connectivity index (χ0) is 27.2. The molecule has 0 fully saturated rings. The van der Waals surface area contributed by atoms with E-state index >= 15 is 0 Å². The van der Waals surface area contributed by atoms with Gasteiger partial charge >= 0.3 is 12.1 Å². The van der Waals surface area contributed by atoms with E-state index in [0.717, 1.165) is 22.0 Å². The van der Waals surface area contributed by atoms with E-state index in [1.165, 1.54) is 0 Å². The summed E-state index contributed by atoms with van der Waals surface area (Å²) in [7, 11) is 1.96. The Morgan fingerprint density at radius 3 is 2.30 bits per heavy atom. The fourth-order valence-electron chi connectivity index (χ4n) is 3.51. The molecule has 5 N–H and O–H groups in total. The summed E-state index contributed by atoms with van der Waals surface area (Å²) in [5.41, 5.74) is 9.92. The number of carboxylic acids is 1. The number of amides is 1. The number of carboxylic acid groups (broad SMARTS) is 1. The van der Waals surface area contributed by atoms with Gasteiger partial charge in [0.1, 0.15) is 18.6 Å². The smallest absolute Gasteiger partial charge is 0.475 e. The van der Waals surface area contributed by atoms with Crippen LogP contribution < -0.4 is 15.6 Å². The van der Waals surface area contributed by atoms with E-state index in [4.69, 9.17) is 21.0 Å². The van der Waals surface area contributed by atoms with Crippen molar-refractivity contribution in [2.24, 2.45) is 12.8 Å². The molecule has 0 bridgehead atoms. The van der Waals surface area contributed by atoms with E-state index in [2.05, 4.69) is 5.32 Å². The first-order valence-electron chi connectivity index (χ1n) is 11.0. The molecule has 37 heavy (non-hydrogen) atoms. The van der Waals surface area contributed by atoms with Crippen LogP contribution in [0, 0.1) is 5.41 Å². The molecule has 0 aliphatic rings. The summed E-state index contributed by atoms with van der Waals surface area (Å²) >= 11 is 0. The number of benzene rings is 2. The van der Waals surface area contributed by atoms with Crippen molar-refractivity contribution in [3.05, 3.63) is 102 Å². The second kappa shape index (κ2) is 11.4. The number of aryl methyl sites for hydroxylation is 1. The molecule has 0 aliphatic carbocycles. The van der Waals surface area contributed by atoms with E-state index in [9.17, 15) is 18.0 Å². The summed E-state index contributed by atoms with van der Waals surface area (Å²) in [6.07, 6.45) is -1.17. The number of nitrogens with one attached hydrogen (secondary N) is 2. The Morgan fingerprint density at radius 1 is 1.03 bits per heavy atom. The Kier molecular flexibility index (Phi) is 8.28. The standard InChI is InChI=1S/C24H23N5O.C2HF3O2/c1-28-11-9-17(10-12-28)15-27-24(30)22-14-19-6-2-3-8-21(19)29(22)16-18-5-4-7-20(13-18)23(25)26;3-2(4,5)1(6)7/h2-14H,15-16H2,1H3,(H3-,25,26,27,30);(H,6,7)/p+1. The maximum Gasteiger partial charge on any atom is 0.490 e. The number of alkyl halides is 3. The molecule has 0 radical (unpaired) electrons. The molecule has 0 unspecified atom stereocenters. The van der Waals surface area contributed by atoms with Gasteiger partial charge in [-0.15, -0.1) is 0 Å². The lowest BCUT2D eigenvalue weighted by molar-refractivity contribution is -0.671. The third kappa shape index (κ3) is 7.17. The molecule has 2 heterocycles. The molecule has 4 aromatic rings. The number of amidine groups is 1. The normalized spacial score (nSPS) is 10.9. The Hall–Kier alpha value is -4.67. The number of aromatic nitrogens is 2. The number of carbonyl (C=O) groups excluding carboxylic acids is 1. The Balaban J connectivity index is 0.000000479. The minimum atomic E-state index is -5.08. The third-order valence-corrected chi connectivity index (χ3v) is 5.36. The van der Waals surface area contributed by atoms with E-state index < -0.39 is 12.1 Å². The van der Waals surface area contributed by atoms with Crippen molar-refractivity contribution in [1.29, 1.82) is 5.41 Å². The van der Waals surface area contributed by atoms with Crippen LogP contribution in [0.15, 0.2) is 79.1 Å². The summed E-state index contributed by atoms with van der Waals surface area (Å²) in [4.78, 5) is 21.9. The number of halogens is 3. The van der Waals surface area contributed by atoms with Crippen molar-refractivity contribution in [3.8, 4) is 0 Å². The Bertz CT molecular complexity index is 1430. The van der Waals surface area contributed by atoms with Crippen LogP contribution in [-0.4, -0.2) is 33.6 Å². The summed E-state index contributed by atoms with van der Waals surface area (Å²) in [5, 5.41) is 18.8. The predicted octanol–water partition coefficient (Wildman–Crippen LogP) is 3.36. The number of nitrogens with zero attached hydrogens (tertiary/aromatic N) is 2. The number of nitrogens with two attached hydrogens (primary N) is 1. The molecule has 192 valence electrons. The zero-order valence-corrected chi connectivity index (χ0v) is 19.8. The Labute approximate surface area is 210 Å². The second-order valence-corrected chi connectivity index (χ2v) is 8.15. The number of carbonyl (C=O) groups is 2. The molecule has 0 atom stereocenters. The number of pyridine rings is 1. The molecule has 0 saturated heterocycles. The van der Waals surface area contributed by atoms with Crippen LogP contribution in [0.4, 0.5) is 13.2 Å². The minimum absolute atomic E-state index is 0.0310. The van der Waals surface area contributed by atoms with Crippen LogP contribution in [0.25, 0.3) is 10.9 Å². The number of aliphatic carboxylic acids is 1. The fourth-order valence-corrected chi connectivity index (χ4v) is 3.51. The Morgan fingerprint density at radius 2 is 1.68 bits per heavy atom. The van der Waals surface area contributed by atoms with Gasteiger partial charge in [-0.1, -0.05) is 36.4 Å². The van der Waals surface area contributed by atoms with Crippen LogP contribution in [0.2, 0.25) is 0 Å². The number of para-hydroxylation sites is 1. The molecule has 2 aromatic carbocycles. The van der Waals surface area contributed by atoms with Gasteiger partial charge in [-0.2, -0.15) is 13.2 Å². The van der Waals surface area contributed by atoms with Gasteiger partial charge in [-0.25, -0.2) is 9.36 Å². The minimum Gasteiger partial charge on any atom is -0.475 e. The summed E-state index contributed by atoms with van der Waals surface area (Å²) < 4.78 is 35.7. The first-order chi connectivity index (χ1) is 17.5. The average Bonchev–Trinajstić information content (AvgIpc) is 3.22. The molecule has 0 spiro atoms. The maximum atomic E-state index is 13.0. The molecule has 2 aromatic heterocycles. The van der Waals surface area contributed by atoms with Gasteiger partial charge in [0.25, 0.3) is 5.91 Å². The monoisotopic (exact) mass is 512 g/mol. The van der Waals surface area contributed by atoms with Gasteiger partial charge in [0, 0.05) is 41.7 Å². The van der Waals surface area contributed by atoms with Crippen molar-refractivity contribution in [2.45, 2.75) is 19.3 Å². The van der Waals surface area contributed by atoms with Gasteiger partial charge in [0.15, 0.2) is 12.4 Å². The van der Waals surface area contributed by atoms with Crippen LogP contribution in [0.3, 0.4) is 0 Å². The topological polar surface area (TPSA) is 125 Å². The molecule has 4 rings (SSSR count). The highest BCUT2D eigenvalue weighted by Crippen LogP contribution is 2.22. The van der Waals surface area contributed by atoms with Gasteiger partial charge in [-0.05, 0) is 29.3 Å². The number of hydrogen-bond donors (Lipinski definition) is 4. The van der Waals surface area contributed by atoms with Crippen molar-refractivity contribution >= 4 is 28.6 Å². The van der Waals surface area contributed by atoms with Gasteiger partial charge < -0.3 is 20.7 Å². The van der Waals surface area contributed by atoms with E-state index in [1.807, 2.05) is 95.3 Å². The van der Waals surface area contributed by atoms with Crippen LogP contribution in [-0.2, 0) is 24.9 Å². The maximum absolute atomic E-state index is 13.0. The van der Waals surface area contributed by atoms with Crippen LogP contribution >= 0.6 is 0 Å². The lowest BCUT2D eigenvalue weighted by atomic mass is 10.1. The first-order valence-corrected chi connectivity index (χ1v) is 11.0. The van der Waals surface area contributed by atoms with Crippen molar-refractivity contribution in [3.63, 3.8) is 0 Å². The number of hydrogen-bond acceptors (Lipinski definition) is 3. The summed E-state index contributed by atoms with van der Waals surface area (Å²) in [5.74, 6) is -2.85. The van der Waals surface area contributed by atoms with Gasteiger partial charge in [-0.3, -0.25) is 10.2 Å². The fraction of sp³-hybridized carbons (Fsp3) is 0.154. The quantitative estimate of drug-likeness (QED) is 0.180. The van der Waals surface area contributed by atoms with Gasteiger partial charge in [0.05, 0.1) is 0 Å². The molecule has 0 aliphatic heterocycles. The highest BCUT2D eigenvalue weighted by atomic mass is 19.4. The highest BCUT2D eigenvalue weighted by molar-refractivity contribution is 5.99. The number of fused-ring (bicyclic) bond motifs is 1. The third-order valence-electron chi connectivity index (χ3n) is 5.36. The van der Waals surface area contributed by atoms with Gasteiger partial charge in [0.2, 0.25) is 0 Å². The summed E-state index contributed by atoms with van der Waals surface area (Å²) in [6, 6.07) is 21.4. The predicted molar refractivity (Wildman–Crippen MR) is 131 cm³/mol. The SMILES string of the molecule is C[n+]1ccc(CNC(=O)c2cc3ccccc3n2Cc2cccc(C(=N)N)c2)cc1.O=C(O)C(F)(F)F. The van der Waals surface area contributed by atoms with E-state index in [0.29, 0.717) is 24.3 Å². The van der Waals surface area contributed by atoms with Crippen LogP contribution in [0.1, 0.15) is 27.2 Å². The lowest BCUT2D eigenvalue weighted by Crippen LogP contribution is -2.28. The molecule has 1 amide bonds. The van der Waals surface area contributed by atoms with Crippen molar-refractivity contribution in [1.82, 2.24) is 9.88 Å². The van der Waals surface area contributed by atoms with E-state index in [1.54, 1.807) is 0 Å². The molecule has 11 heteroatoms. The zero-order valence-electron chi connectivity index (χ0n) is 19.8. The molecule has 8 nitrogen and oxygen atoms in total. The van der Waals surface area contributed by atoms with E-state index in [-0.39, 0.29) is 11.7 Å². The average molecular weight is 513 g/mol. The van der Waals surface area contributed by atoms with Crippen LogP contribution in [0.5, 0.6) is 0 Å².